The van der Waals surface area contributed by atoms with Crippen molar-refractivity contribution in [3.8, 4) is 10.4 Å². The van der Waals surface area contributed by atoms with E-state index in [1.165, 1.54) is 16.0 Å². The second-order valence-electron chi connectivity index (χ2n) is 4.85. The van der Waals surface area contributed by atoms with Crippen molar-refractivity contribution in [2.75, 3.05) is 11.9 Å². The van der Waals surface area contributed by atoms with E-state index in [4.69, 9.17) is 0 Å². The third-order valence-electron chi connectivity index (χ3n) is 2.72. The molecule has 0 aliphatic heterocycles. The number of hydrogen-bond donors (Lipinski definition) is 1. The predicted molar refractivity (Wildman–Crippen MR) is 80.3 cm³/mol. The standard InChI is InChI=1S/C15H20N2S/c1-4-16-15-17-10-14(18-15)13-7-5-12(6-8-13)9-11(2)3/h5-8,10-11H,4,9H2,1-3H3,(H,16,17). The number of nitrogens with one attached hydrogen (secondary N) is 1. The van der Waals surface area contributed by atoms with Crippen LogP contribution in [0.5, 0.6) is 0 Å². The summed E-state index contributed by atoms with van der Waals surface area (Å²) in [6.45, 7) is 7.50. The average Bonchev–Trinajstić information content (AvgIpc) is 2.78. The summed E-state index contributed by atoms with van der Waals surface area (Å²) in [5.41, 5.74) is 2.66. The second kappa shape index (κ2) is 6.01. The summed E-state index contributed by atoms with van der Waals surface area (Å²) in [4.78, 5) is 5.58. The molecule has 1 aromatic carbocycles. The summed E-state index contributed by atoms with van der Waals surface area (Å²) in [5.74, 6) is 0.708. The van der Waals surface area contributed by atoms with Crippen molar-refractivity contribution in [2.45, 2.75) is 27.2 Å². The molecule has 1 N–H and O–H groups in total. The fraction of sp³-hybridized carbons (Fsp3) is 0.400. The van der Waals surface area contributed by atoms with Gasteiger partial charge >= 0.3 is 0 Å². The van der Waals surface area contributed by atoms with Gasteiger partial charge in [0, 0.05) is 12.7 Å². The zero-order chi connectivity index (χ0) is 13.0. The highest BCUT2D eigenvalue weighted by Crippen LogP contribution is 2.29. The molecule has 0 radical (unpaired) electrons. The van der Waals surface area contributed by atoms with Crippen LogP contribution in [-0.2, 0) is 6.42 Å². The summed E-state index contributed by atoms with van der Waals surface area (Å²) in [7, 11) is 0. The van der Waals surface area contributed by atoms with Gasteiger partial charge in [0.15, 0.2) is 5.13 Å². The molecule has 0 atom stereocenters. The molecule has 2 aromatic rings. The van der Waals surface area contributed by atoms with Gasteiger partial charge in [0.2, 0.25) is 0 Å². The molecular formula is C15H20N2S. The van der Waals surface area contributed by atoms with Crippen LogP contribution in [0, 0.1) is 5.92 Å². The largest absolute Gasteiger partial charge is 0.362 e. The van der Waals surface area contributed by atoms with Gasteiger partial charge in [-0.15, -0.1) is 0 Å². The van der Waals surface area contributed by atoms with Crippen LogP contribution in [-0.4, -0.2) is 11.5 Å². The van der Waals surface area contributed by atoms with Crippen LogP contribution >= 0.6 is 11.3 Å². The van der Waals surface area contributed by atoms with E-state index in [1.807, 2.05) is 6.20 Å². The summed E-state index contributed by atoms with van der Waals surface area (Å²) < 4.78 is 0. The lowest BCUT2D eigenvalue weighted by Gasteiger charge is -2.05. The van der Waals surface area contributed by atoms with Crippen LogP contribution < -0.4 is 5.32 Å². The number of hydrogen-bond acceptors (Lipinski definition) is 3. The zero-order valence-corrected chi connectivity index (χ0v) is 12.1. The minimum atomic E-state index is 0.708. The Kier molecular flexibility index (Phi) is 4.37. The van der Waals surface area contributed by atoms with Gasteiger partial charge in [-0.25, -0.2) is 4.98 Å². The van der Waals surface area contributed by atoms with Gasteiger partial charge in [0.1, 0.15) is 0 Å². The van der Waals surface area contributed by atoms with Crippen LogP contribution in [0.3, 0.4) is 0 Å². The maximum atomic E-state index is 4.36. The Balaban J connectivity index is 2.12. The van der Waals surface area contributed by atoms with Gasteiger partial charge in [-0.2, -0.15) is 0 Å². The van der Waals surface area contributed by atoms with Crippen molar-refractivity contribution in [2.24, 2.45) is 5.92 Å². The van der Waals surface area contributed by atoms with Crippen LogP contribution in [0.2, 0.25) is 0 Å². The lowest BCUT2D eigenvalue weighted by molar-refractivity contribution is 0.647. The molecule has 0 aliphatic rings. The fourth-order valence-electron chi connectivity index (χ4n) is 1.92. The Hall–Kier alpha value is -1.35. The van der Waals surface area contributed by atoms with Crippen molar-refractivity contribution in [1.29, 1.82) is 0 Å². The number of nitrogens with zero attached hydrogens (tertiary/aromatic N) is 1. The van der Waals surface area contributed by atoms with Crippen LogP contribution in [0.1, 0.15) is 26.3 Å². The average molecular weight is 260 g/mol. The van der Waals surface area contributed by atoms with Crippen LogP contribution in [0.25, 0.3) is 10.4 Å². The van der Waals surface area contributed by atoms with Crippen molar-refractivity contribution >= 4 is 16.5 Å². The van der Waals surface area contributed by atoms with E-state index in [0.717, 1.165) is 18.1 Å². The van der Waals surface area contributed by atoms with E-state index in [9.17, 15) is 0 Å². The van der Waals surface area contributed by atoms with E-state index in [1.54, 1.807) is 11.3 Å². The van der Waals surface area contributed by atoms with Crippen molar-refractivity contribution < 1.29 is 0 Å². The predicted octanol–water partition coefficient (Wildman–Crippen LogP) is 4.44. The SMILES string of the molecule is CCNc1ncc(-c2ccc(CC(C)C)cc2)s1. The Bertz CT molecular complexity index is 485. The minimum absolute atomic E-state index is 0.708. The first-order chi connectivity index (χ1) is 8.69. The van der Waals surface area contributed by atoms with Crippen molar-refractivity contribution in [3.05, 3.63) is 36.0 Å². The Labute approximate surface area is 113 Å². The van der Waals surface area contributed by atoms with Gasteiger partial charge in [-0.1, -0.05) is 49.4 Å². The third-order valence-corrected chi connectivity index (χ3v) is 3.72. The van der Waals surface area contributed by atoms with Gasteiger partial charge in [0.25, 0.3) is 0 Å². The van der Waals surface area contributed by atoms with Gasteiger partial charge in [0.05, 0.1) is 4.88 Å². The topological polar surface area (TPSA) is 24.9 Å². The maximum absolute atomic E-state index is 4.36. The minimum Gasteiger partial charge on any atom is -0.362 e. The number of anilines is 1. The molecule has 0 amide bonds. The smallest absolute Gasteiger partial charge is 0.183 e. The summed E-state index contributed by atoms with van der Waals surface area (Å²) >= 11 is 1.71. The molecule has 0 saturated carbocycles. The summed E-state index contributed by atoms with van der Waals surface area (Å²) in [5, 5.41) is 4.24. The van der Waals surface area contributed by atoms with E-state index < -0.39 is 0 Å². The molecule has 96 valence electrons. The van der Waals surface area contributed by atoms with Crippen molar-refractivity contribution in [1.82, 2.24) is 4.98 Å². The molecule has 0 spiro atoms. The third kappa shape index (κ3) is 3.33. The molecule has 3 heteroatoms. The van der Waals surface area contributed by atoms with Gasteiger partial charge in [-0.3, -0.25) is 0 Å². The molecule has 2 rings (SSSR count). The van der Waals surface area contributed by atoms with E-state index in [0.29, 0.717) is 5.92 Å². The van der Waals surface area contributed by atoms with E-state index in [2.05, 4.69) is 55.3 Å². The quantitative estimate of drug-likeness (QED) is 0.859. The highest BCUT2D eigenvalue weighted by atomic mass is 32.1. The lowest BCUT2D eigenvalue weighted by Crippen LogP contribution is -1.94. The van der Waals surface area contributed by atoms with Crippen LogP contribution in [0.4, 0.5) is 5.13 Å². The Morgan fingerprint density at radius 1 is 1.22 bits per heavy atom. The number of thiazole rings is 1. The first-order valence-corrected chi connectivity index (χ1v) is 7.29. The normalized spacial score (nSPS) is 10.9. The lowest BCUT2D eigenvalue weighted by atomic mass is 10.0. The molecular weight excluding hydrogens is 240 g/mol. The monoisotopic (exact) mass is 260 g/mol. The summed E-state index contributed by atoms with van der Waals surface area (Å²) in [6, 6.07) is 8.84. The van der Waals surface area contributed by atoms with Gasteiger partial charge < -0.3 is 5.32 Å². The first kappa shape index (κ1) is 13.1. The van der Waals surface area contributed by atoms with E-state index in [-0.39, 0.29) is 0 Å². The first-order valence-electron chi connectivity index (χ1n) is 6.48. The molecule has 0 bridgehead atoms. The maximum Gasteiger partial charge on any atom is 0.183 e. The molecule has 0 fully saturated rings. The molecule has 0 saturated heterocycles. The second-order valence-corrected chi connectivity index (χ2v) is 5.89. The van der Waals surface area contributed by atoms with Crippen LogP contribution in [0.15, 0.2) is 30.5 Å². The Morgan fingerprint density at radius 2 is 1.94 bits per heavy atom. The molecule has 2 nitrogen and oxygen atoms in total. The van der Waals surface area contributed by atoms with E-state index >= 15 is 0 Å². The molecule has 18 heavy (non-hydrogen) atoms. The molecule has 1 heterocycles. The molecule has 0 unspecified atom stereocenters. The fourth-order valence-corrected chi connectivity index (χ4v) is 2.81. The van der Waals surface area contributed by atoms with Gasteiger partial charge in [-0.05, 0) is 30.4 Å². The molecule has 1 aromatic heterocycles. The summed E-state index contributed by atoms with van der Waals surface area (Å²) in [6.07, 6.45) is 3.09. The van der Waals surface area contributed by atoms with Crippen molar-refractivity contribution in [3.63, 3.8) is 0 Å². The zero-order valence-electron chi connectivity index (χ0n) is 11.2. The number of benzene rings is 1. The molecule has 0 aliphatic carbocycles. The number of aromatic nitrogens is 1. The highest BCUT2D eigenvalue weighted by Gasteiger charge is 2.04. The Morgan fingerprint density at radius 3 is 2.56 bits per heavy atom. The highest BCUT2D eigenvalue weighted by molar-refractivity contribution is 7.18. The number of rotatable bonds is 5.